The van der Waals surface area contributed by atoms with Gasteiger partial charge in [0, 0.05) is 25.2 Å². The maximum absolute atomic E-state index is 4.47. The van der Waals surface area contributed by atoms with E-state index < -0.39 is 0 Å². The molecule has 0 bridgehead atoms. The van der Waals surface area contributed by atoms with Crippen LogP contribution in [0, 0.1) is 6.92 Å². The molecule has 0 fully saturated rings. The van der Waals surface area contributed by atoms with Crippen LogP contribution in [0.5, 0.6) is 0 Å². The lowest BCUT2D eigenvalue weighted by atomic mass is 10.4. The van der Waals surface area contributed by atoms with Gasteiger partial charge in [0.15, 0.2) is 5.82 Å². The normalized spacial score (nSPS) is 10.5. The molecule has 0 aliphatic carbocycles. The highest BCUT2D eigenvalue weighted by atomic mass is 15.3. The first-order chi connectivity index (χ1) is 8.22. The van der Waals surface area contributed by atoms with Crippen LogP contribution in [0.15, 0.2) is 18.3 Å². The molecule has 2 aromatic rings. The quantitative estimate of drug-likeness (QED) is 0.874. The number of aromatic nitrogens is 4. The minimum absolute atomic E-state index is 0.806. The highest BCUT2D eigenvalue weighted by Gasteiger charge is 2.05. The molecular formula is C12H17N5. The number of anilines is 1. The average molecular weight is 231 g/mol. The molecule has 2 aromatic heterocycles. The van der Waals surface area contributed by atoms with Gasteiger partial charge < -0.3 is 5.32 Å². The lowest BCUT2D eigenvalue weighted by Crippen LogP contribution is -2.07. The van der Waals surface area contributed by atoms with Crippen molar-refractivity contribution >= 4 is 5.82 Å². The summed E-state index contributed by atoms with van der Waals surface area (Å²) in [5.41, 5.74) is 0.978. The summed E-state index contributed by atoms with van der Waals surface area (Å²) in [5, 5.41) is 7.56. The topological polar surface area (TPSA) is 55.6 Å². The molecule has 5 heteroatoms. The molecule has 0 saturated carbocycles. The van der Waals surface area contributed by atoms with Gasteiger partial charge in [-0.3, -0.25) is 0 Å². The summed E-state index contributed by atoms with van der Waals surface area (Å²) in [6.07, 6.45) is 2.72. The summed E-state index contributed by atoms with van der Waals surface area (Å²) >= 11 is 0. The molecule has 0 aliphatic rings. The van der Waals surface area contributed by atoms with Gasteiger partial charge >= 0.3 is 0 Å². The second kappa shape index (κ2) is 4.95. The van der Waals surface area contributed by atoms with E-state index in [-0.39, 0.29) is 0 Å². The summed E-state index contributed by atoms with van der Waals surface area (Å²) in [7, 11) is 0. The van der Waals surface area contributed by atoms with Crippen molar-refractivity contribution in [3.8, 4) is 5.82 Å². The van der Waals surface area contributed by atoms with Gasteiger partial charge in [-0.2, -0.15) is 5.10 Å². The molecule has 0 unspecified atom stereocenters. The van der Waals surface area contributed by atoms with Crippen molar-refractivity contribution in [2.45, 2.75) is 27.2 Å². The van der Waals surface area contributed by atoms with Gasteiger partial charge in [-0.15, -0.1) is 0 Å². The van der Waals surface area contributed by atoms with Crippen molar-refractivity contribution < 1.29 is 0 Å². The summed E-state index contributed by atoms with van der Waals surface area (Å²) in [6.45, 7) is 6.90. The van der Waals surface area contributed by atoms with Gasteiger partial charge in [0.1, 0.15) is 11.6 Å². The summed E-state index contributed by atoms with van der Waals surface area (Å²) < 4.78 is 1.77. The maximum Gasteiger partial charge on any atom is 0.159 e. The van der Waals surface area contributed by atoms with Crippen molar-refractivity contribution in [1.82, 2.24) is 19.7 Å². The molecule has 0 radical (unpaired) electrons. The Bertz CT molecular complexity index is 503. The molecule has 0 spiro atoms. The predicted octanol–water partition coefficient (Wildman–Crippen LogP) is 1.96. The van der Waals surface area contributed by atoms with E-state index in [9.17, 15) is 0 Å². The Kier molecular flexibility index (Phi) is 3.37. The second-order valence-corrected chi connectivity index (χ2v) is 3.81. The van der Waals surface area contributed by atoms with E-state index in [1.807, 2.05) is 39.1 Å². The van der Waals surface area contributed by atoms with Crippen LogP contribution in [0.2, 0.25) is 0 Å². The van der Waals surface area contributed by atoms with Gasteiger partial charge in [-0.25, -0.2) is 14.6 Å². The van der Waals surface area contributed by atoms with E-state index >= 15 is 0 Å². The Balaban J connectivity index is 2.42. The van der Waals surface area contributed by atoms with Crippen molar-refractivity contribution in [2.24, 2.45) is 0 Å². The van der Waals surface area contributed by atoms with Crippen molar-refractivity contribution in [3.63, 3.8) is 0 Å². The molecule has 0 amide bonds. The summed E-state index contributed by atoms with van der Waals surface area (Å²) in [4.78, 5) is 8.88. The fraction of sp³-hybridized carbons (Fsp3) is 0.417. The molecule has 1 N–H and O–H groups in total. The molecule has 90 valence electrons. The monoisotopic (exact) mass is 231 g/mol. The first kappa shape index (κ1) is 11.6. The van der Waals surface area contributed by atoms with Crippen LogP contribution in [-0.4, -0.2) is 26.3 Å². The van der Waals surface area contributed by atoms with Crippen molar-refractivity contribution in [1.29, 1.82) is 0 Å². The third kappa shape index (κ3) is 2.61. The van der Waals surface area contributed by atoms with E-state index in [0.717, 1.165) is 36.1 Å². The third-order valence-electron chi connectivity index (χ3n) is 2.39. The van der Waals surface area contributed by atoms with Crippen LogP contribution in [0.4, 0.5) is 5.82 Å². The lowest BCUT2D eigenvalue weighted by molar-refractivity contribution is 0.803. The largest absolute Gasteiger partial charge is 0.370 e. The summed E-state index contributed by atoms with van der Waals surface area (Å²) in [5.74, 6) is 2.48. The molecule has 0 aliphatic heterocycles. The summed E-state index contributed by atoms with van der Waals surface area (Å²) in [6, 6.07) is 3.87. The number of aryl methyl sites for hydroxylation is 2. The van der Waals surface area contributed by atoms with Crippen LogP contribution in [0.3, 0.4) is 0 Å². The molecule has 0 aromatic carbocycles. The highest BCUT2D eigenvalue weighted by molar-refractivity contribution is 5.41. The number of nitrogens with one attached hydrogen (secondary N) is 1. The Labute approximate surface area is 101 Å². The Hall–Kier alpha value is -1.91. The lowest BCUT2D eigenvalue weighted by Gasteiger charge is -2.07. The van der Waals surface area contributed by atoms with Crippen LogP contribution in [0.1, 0.15) is 25.4 Å². The Morgan fingerprint density at radius 3 is 2.71 bits per heavy atom. The smallest absolute Gasteiger partial charge is 0.159 e. The van der Waals surface area contributed by atoms with Crippen LogP contribution in [0.25, 0.3) is 5.82 Å². The second-order valence-electron chi connectivity index (χ2n) is 3.81. The van der Waals surface area contributed by atoms with E-state index in [1.54, 1.807) is 4.68 Å². The van der Waals surface area contributed by atoms with Crippen LogP contribution < -0.4 is 5.32 Å². The fourth-order valence-corrected chi connectivity index (χ4v) is 1.57. The molecule has 2 rings (SSSR count). The van der Waals surface area contributed by atoms with E-state index in [4.69, 9.17) is 0 Å². The van der Waals surface area contributed by atoms with Crippen LogP contribution >= 0.6 is 0 Å². The number of hydrogen-bond acceptors (Lipinski definition) is 4. The maximum atomic E-state index is 4.47. The Morgan fingerprint density at radius 1 is 1.29 bits per heavy atom. The molecule has 0 atom stereocenters. The standard InChI is InChI=1S/C12H17N5/c1-4-10-14-11(13-5-2)8-12(15-10)17-7-6-9(3)16-17/h6-8H,4-5H2,1-3H3,(H,13,14,15). The zero-order valence-electron chi connectivity index (χ0n) is 10.4. The van der Waals surface area contributed by atoms with E-state index in [0.29, 0.717) is 0 Å². The minimum atomic E-state index is 0.806. The van der Waals surface area contributed by atoms with Crippen LogP contribution in [-0.2, 0) is 6.42 Å². The molecule has 0 saturated heterocycles. The van der Waals surface area contributed by atoms with Crippen molar-refractivity contribution in [2.75, 3.05) is 11.9 Å². The highest BCUT2D eigenvalue weighted by Crippen LogP contribution is 2.11. The number of hydrogen-bond donors (Lipinski definition) is 1. The Morgan fingerprint density at radius 2 is 2.12 bits per heavy atom. The zero-order valence-corrected chi connectivity index (χ0v) is 10.4. The van der Waals surface area contributed by atoms with Gasteiger partial charge in [-0.1, -0.05) is 6.92 Å². The molecule has 5 nitrogen and oxygen atoms in total. The minimum Gasteiger partial charge on any atom is -0.370 e. The van der Waals surface area contributed by atoms with Gasteiger partial charge in [0.05, 0.1) is 5.69 Å². The van der Waals surface area contributed by atoms with Gasteiger partial charge in [-0.05, 0) is 19.9 Å². The number of rotatable bonds is 4. The first-order valence-electron chi connectivity index (χ1n) is 5.87. The van der Waals surface area contributed by atoms with Gasteiger partial charge in [0.2, 0.25) is 0 Å². The molecule has 17 heavy (non-hydrogen) atoms. The van der Waals surface area contributed by atoms with Gasteiger partial charge in [0.25, 0.3) is 0 Å². The van der Waals surface area contributed by atoms with E-state index in [2.05, 4.69) is 20.4 Å². The zero-order chi connectivity index (χ0) is 12.3. The first-order valence-corrected chi connectivity index (χ1v) is 5.87. The molecule has 2 heterocycles. The molecular weight excluding hydrogens is 214 g/mol. The predicted molar refractivity (Wildman–Crippen MR) is 67.4 cm³/mol. The fourth-order valence-electron chi connectivity index (χ4n) is 1.57. The van der Waals surface area contributed by atoms with Crippen molar-refractivity contribution in [3.05, 3.63) is 29.8 Å². The SMILES string of the molecule is CCNc1cc(-n2ccc(C)n2)nc(CC)n1. The third-order valence-corrected chi connectivity index (χ3v) is 2.39. The average Bonchev–Trinajstić information content (AvgIpc) is 2.76. The number of nitrogens with zero attached hydrogens (tertiary/aromatic N) is 4. The van der Waals surface area contributed by atoms with E-state index in [1.165, 1.54) is 0 Å².